The number of sulfone groups is 1. The quantitative estimate of drug-likeness (QED) is 0.783. The highest BCUT2D eigenvalue weighted by Gasteiger charge is 2.46. The molecule has 1 fully saturated rings. The summed E-state index contributed by atoms with van der Waals surface area (Å²) in [6, 6.07) is 6.78. The minimum absolute atomic E-state index is 0.0998. The maximum Gasteiger partial charge on any atom is 0.324 e. The van der Waals surface area contributed by atoms with Crippen LogP contribution in [-0.4, -0.2) is 26.7 Å². The Morgan fingerprint density at radius 3 is 2.15 bits per heavy atom. The average Bonchev–Trinajstić information content (AvgIpc) is 3.23. The van der Waals surface area contributed by atoms with E-state index in [-0.39, 0.29) is 10.8 Å². The summed E-state index contributed by atoms with van der Waals surface area (Å²) in [5.74, 6) is -0.413. The molecule has 0 N–H and O–H groups in total. The van der Waals surface area contributed by atoms with Gasteiger partial charge >= 0.3 is 5.97 Å². The Morgan fingerprint density at radius 1 is 1.20 bits per heavy atom. The molecular weight excluding hydrogens is 276 g/mol. The Labute approximate surface area is 120 Å². The maximum atomic E-state index is 12.6. The van der Waals surface area contributed by atoms with Crippen LogP contribution in [0.25, 0.3) is 0 Å². The predicted molar refractivity (Wildman–Crippen MR) is 76.2 cm³/mol. The van der Waals surface area contributed by atoms with Crippen molar-refractivity contribution in [2.45, 2.75) is 42.8 Å². The topological polar surface area (TPSA) is 60.4 Å². The minimum atomic E-state index is -3.67. The van der Waals surface area contributed by atoms with Crippen LogP contribution in [0.2, 0.25) is 0 Å². The Hall–Kier alpha value is -1.36. The minimum Gasteiger partial charge on any atom is -0.468 e. The van der Waals surface area contributed by atoms with E-state index in [1.54, 1.807) is 24.3 Å². The van der Waals surface area contributed by atoms with Crippen molar-refractivity contribution in [1.29, 1.82) is 0 Å². The van der Waals surface area contributed by atoms with Gasteiger partial charge in [0.2, 0.25) is 0 Å². The van der Waals surface area contributed by atoms with E-state index < -0.39 is 21.1 Å². The number of hydrogen-bond acceptors (Lipinski definition) is 4. The Kier molecular flexibility index (Phi) is 4.18. The van der Waals surface area contributed by atoms with Crippen LogP contribution in [0.5, 0.6) is 0 Å². The normalized spacial score (nSPS) is 17.0. The zero-order chi connectivity index (χ0) is 14.9. The number of hydrogen-bond donors (Lipinski definition) is 0. The number of methoxy groups -OCH3 is 1. The lowest BCUT2D eigenvalue weighted by Crippen LogP contribution is -2.33. The molecule has 1 unspecified atom stereocenters. The van der Waals surface area contributed by atoms with Crippen LogP contribution in [-0.2, 0) is 19.4 Å². The van der Waals surface area contributed by atoms with Gasteiger partial charge in [0.05, 0.1) is 12.0 Å². The van der Waals surface area contributed by atoms with E-state index in [9.17, 15) is 13.2 Å². The van der Waals surface area contributed by atoms with Gasteiger partial charge in [-0.05, 0) is 42.4 Å². The first kappa shape index (κ1) is 15.0. The Morgan fingerprint density at radius 2 is 1.75 bits per heavy atom. The second-order valence-electron chi connectivity index (χ2n) is 5.55. The molecule has 1 atom stereocenters. The van der Waals surface area contributed by atoms with Crippen LogP contribution in [0.1, 0.15) is 38.2 Å². The molecule has 5 heteroatoms. The molecule has 0 amide bonds. The predicted octanol–water partition coefficient (Wildman–Crippen LogP) is 2.54. The van der Waals surface area contributed by atoms with Gasteiger partial charge in [0, 0.05) is 0 Å². The summed E-state index contributed by atoms with van der Waals surface area (Å²) in [6.45, 7) is 4.09. The van der Waals surface area contributed by atoms with Crippen molar-refractivity contribution in [3.63, 3.8) is 0 Å². The summed E-state index contributed by atoms with van der Waals surface area (Å²) in [7, 11) is -2.43. The summed E-state index contributed by atoms with van der Waals surface area (Å²) in [5, 5.41) is -1.06. The summed E-state index contributed by atoms with van der Waals surface area (Å²) in [5.41, 5.74) is 1.07. The molecule has 0 radical (unpaired) electrons. The van der Waals surface area contributed by atoms with Gasteiger partial charge in [0.15, 0.2) is 15.1 Å². The van der Waals surface area contributed by atoms with Crippen molar-refractivity contribution in [3.8, 4) is 0 Å². The van der Waals surface area contributed by atoms with Crippen LogP contribution in [0, 0.1) is 5.92 Å². The van der Waals surface area contributed by atoms with Gasteiger partial charge in [0.25, 0.3) is 0 Å². The number of carbonyl (C=O) groups excluding carboxylic acids is 1. The van der Waals surface area contributed by atoms with Crippen molar-refractivity contribution in [2.75, 3.05) is 7.11 Å². The molecule has 0 aliphatic heterocycles. The average molecular weight is 296 g/mol. The maximum absolute atomic E-state index is 12.6. The first-order chi connectivity index (χ1) is 9.37. The van der Waals surface area contributed by atoms with Gasteiger partial charge in [-0.3, -0.25) is 4.79 Å². The molecule has 0 spiro atoms. The van der Waals surface area contributed by atoms with Crippen molar-refractivity contribution in [2.24, 2.45) is 5.92 Å². The standard InChI is InChI=1S/C15H20O4S/c1-10(2)11-6-8-13(9-7-11)20(17,18)14(12-4-5-12)15(16)19-3/h6-10,12,14H,4-5H2,1-3H3. The van der Waals surface area contributed by atoms with Crippen molar-refractivity contribution in [1.82, 2.24) is 0 Å². The van der Waals surface area contributed by atoms with Crippen LogP contribution in [0.3, 0.4) is 0 Å². The first-order valence-corrected chi connectivity index (χ1v) is 8.34. The van der Waals surface area contributed by atoms with E-state index in [2.05, 4.69) is 4.74 Å². The molecule has 110 valence electrons. The molecule has 0 saturated heterocycles. The fraction of sp³-hybridized carbons (Fsp3) is 0.533. The smallest absolute Gasteiger partial charge is 0.324 e. The number of benzene rings is 1. The van der Waals surface area contributed by atoms with E-state index >= 15 is 0 Å². The molecule has 0 heterocycles. The van der Waals surface area contributed by atoms with Crippen molar-refractivity contribution < 1.29 is 17.9 Å². The van der Waals surface area contributed by atoms with Crippen LogP contribution in [0.15, 0.2) is 29.2 Å². The van der Waals surface area contributed by atoms with E-state index in [0.717, 1.165) is 18.4 Å². The summed E-state index contributed by atoms with van der Waals surface area (Å²) in [4.78, 5) is 12.0. The number of rotatable bonds is 5. The summed E-state index contributed by atoms with van der Waals surface area (Å²) >= 11 is 0. The van der Waals surface area contributed by atoms with E-state index in [4.69, 9.17) is 0 Å². The fourth-order valence-electron chi connectivity index (χ4n) is 2.28. The lowest BCUT2D eigenvalue weighted by atomic mass is 10.0. The van der Waals surface area contributed by atoms with E-state index in [1.807, 2.05) is 13.8 Å². The fourth-order valence-corrected chi connectivity index (χ4v) is 4.21. The number of esters is 1. The zero-order valence-electron chi connectivity index (χ0n) is 12.0. The van der Waals surface area contributed by atoms with Crippen LogP contribution < -0.4 is 0 Å². The van der Waals surface area contributed by atoms with Gasteiger partial charge in [-0.2, -0.15) is 0 Å². The molecule has 1 aromatic carbocycles. The van der Waals surface area contributed by atoms with Gasteiger partial charge < -0.3 is 4.74 Å². The highest BCUT2D eigenvalue weighted by atomic mass is 32.2. The molecule has 0 aromatic heterocycles. The molecular formula is C15H20O4S. The van der Waals surface area contributed by atoms with Gasteiger partial charge in [0.1, 0.15) is 0 Å². The first-order valence-electron chi connectivity index (χ1n) is 6.79. The van der Waals surface area contributed by atoms with Gasteiger partial charge in [-0.1, -0.05) is 26.0 Å². The Bertz CT molecular complexity index is 583. The lowest BCUT2D eigenvalue weighted by Gasteiger charge is -2.15. The second-order valence-corrected chi connectivity index (χ2v) is 7.62. The van der Waals surface area contributed by atoms with Crippen molar-refractivity contribution in [3.05, 3.63) is 29.8 Å². The third kappa shape index (κ3) is 2.87. The molecule has 1 aliphatic carbocycles. The third-order valence-corrected chi connectivity index (χ3v) is 5.87. The number of ether oxygens (including phenoxy) is 1. The molecule has 1 saturated carbocycles. The molecule has 2 rings (SSSR count). The largest absolute Gasteiger partial charge is 0.468 e. The zero-order valence-corrected chi connectivity index (χ0v) is 12.8. The SMILES string of the molecule is COC(=O)C(C1CC1)S(=O)(=O)c1ccc(C(C)C)cc1. The van der Waals surface area contributed by atoms with Gasteiger partial charge in [-0.15, -0.1) is 0 Å². The molecule has 20 heavy (non-hydrogen) atoms. The summed E-state index contributed by atoms with van der Waals surface area (Å²) in [6.07, 6.45) is 1.53. The van der Waals surface area contributed by atoms with Crippen LogP contribution in [0.4, 0.5) is 0 Å². The van der Waals surface area contributed by atoms with Gasteiger partial charge in [-0.25, -0.2) is 8.42 Å². The van der Waals surface area contributed by atoms with E-state index in [0.29, 0.717) is 5.92 Å². The van der Waals surface area contributed by atoms with Crippen LogP contribution >= 0.6 is 0 Å². The highest BCUT2D eigenvalue weighted by molar-refractivity contribution is 7.92. The molecule has 4 nitrogen and oxygen atoms in total. The monoisotopic (exact) mass is 296 g/mol. The lowest BCUT2D eigenvalue weighted by molar-refractivity contribution is -0.140. The Balaban J connectivity index is 2.35. The summed E-state index contributed by atoms with van der Waals surface area (Å²) < 4.78 is 29.9. The number of carbonyl (C=O) groups is 1. The van der Waals surface area contributed by atoms with Crippen molar-refractivity contribution >= 4 is 15.8 Å². The highest BCUT2D eigenvalue weighted by Crippen LogP contribution is 2.39. The van der Waals surface area contributed by atoms with E-state index in [1.165, 1.54) is 7.11 Å². The molecule has 0 bridgehead atoms. The molecule has 1 aliphatic rings. The second kappa shape index (κ2) is 5.56. The molecule has 1 aromatic rings. The third-order valence-electron chi connectivity index (χ3n) is 3.69.